The number of likely N-dealkylation sites (tertiary alicyclic amines) is 1. The van der Waals surface area contributed by atoms with Gasteiger partial charge in [0.2, 0.25) is 5.91 Å². The lowest BCUT2D eigenvalue weighted by Crippen LogP contribution is -2.51. The number of halogens is 1. The van der Waals surface area contributed by atoms with Crippen molar-refractivity contribution in [2.24, 2.45) is 5.92 Å². The molecule has 1 N–H and O–H groups in total. The number of nitrogens with zero attached hydrogens (tertiary/aromatic N) is 1. The van der Waals surface area contributed by atoms with Gasteiger partial charge in [-0.25, -0.2) is 4.79 Å². The van der Waals surface area contributed by atoms with Gasteiger partial charge in [0.1, 0.15) is 6.04 Å². The van der Waals surface area contributed by atoms with Crippen molar-refractivity contribution in [2.45, 2.75) is 18.9 Å². The van der Waals surface area contributed by atoms with Gasteiger partial charge >= 0.3 is 5.97 Å². The summed E-state index contributed by atoms with van der Waals surface area (Å²) in [6.45, 7) is 2.57. The molecule has 2 heterocycles. The Hall–Kier alpha value is -0.810. The number of amides is 1. The zero-order valence-corrected chi connectivity index (χ0v) is 10.1. The Morgan fingerprint density at radius 3 is 2.75 bits per heavy atom. The Labute approximate surface area is 101 Å². The molecule has 0 aromatic heterocycles. The van der Waals surface area contributed by atoms with E-state index in [2.05, 4.69) is 5.32 Å². The Balaban J connectivity index is 0.00000128. The van der Waals surface area contributed by atoms with Crippen LogP contribution in [0.25, 0.3) is 0 Å². The van der Waals surface area contributed by atoms with Crippen LogP contribution in [0, 0.1) is 5.92 Å². The molecule has 0 spiro atoms. The standard InChI is InChI=1S/C10H16N2O3.ClH/c1-15-10(14)8-2-3-9(13)12(8)6-7-4-11-5-7;/h7-8,11H,2-6H2,1H3;1H. The lowest BCUT2D eigenvalue weighted by atomic mass is 10.0. The van der Waals surface area contributed by atoms with Crippen LogP contribution in [0.2, 0.25) is 0 Å². The van der Waals surface area contributed by atoms with Crippen LogP contribution < -0.4 is 5.32 Å². The summed E-state index contributed by atoms with van der Waals surface area (Å²) in [6.07, 6.45) is 1.07. The summed E-state index contributed by atoms with van der Waals surface area (Å²) >= 11 is 0. The normalized spacial score (nSPS) is 24.9. The van der Waals surface area contributed by atoms with E-state index in [1.165, 1.54) is 7.11 Å². The van der Waals surface area contributed by atoms with Gasteiger partial charge in [0.15, 0.2) is 0 Å². The molecule has 16 heavy (non-hydrogen) atoms. The van der Waals surface area contributed by atoms with Crippen molar-refractivity contribution in [3.05, 3.63) is 0 Å². The van der Waals surface area contributed by atoms with Crippen molar-refractivity contribution in [1.82, 2.24) is 10.2 Å². The summed E-state index contributed by atoms with van der Waals surface area (Å²) in [5.41, 5.74) is 0. The van der Waals surface area contributed by atoms with Crippen molar-refractivity contribution in [1.29, 1.82) is 0 Å². The van der Waals surface area contributed by atoms with E-state index in [4.69, 9.17) is 4.74 Å². The number of carbonyl (C=O) groups excluding carboxylic acids is 2. The molecule has 6 heteroatoms. The highest BCUT2D eigenvalue weighted by molar-refractivity contribution is 5.88. The van der Waals surface area contributed by atoms with Gasteiger partial charge in [-0.2, -0.15) is 0 Å². The third-order valence-corrected chi connectivity index (χ3v) is 3.12. The fourth-order valence-electron chi connectivity index (χ4n) is 2.10. The molecule has 2 saturated heterocycles. The maximum atomic E-state index is 11.6. The van der Waals surface area contributed by atoms with Crippen molar-refractivity contribution >= 4 is 24.3 Å². The molecule has 0 aliphatic carbocycles. The fourth-order valence-corrected chi connectivity index (χ4v) is 2.10. The van der Waals surface area contributed by atoms with E-state index in [-0.39, 0.29) is 30.3 Å². The van der Waals surface area contributed by atoms with Crippen molar-refractivity contribution in [3.8, 4) is 0 Å². The van der Waals surface area contributed by atoms with Crippen molar-refractivity contribution < 1.29 is 14.3 Å². The van der Waals surface area contributed by atoms with Gasteiger partial charge in [-0.3, -0.25) is 4.79 Å². The van der Waals surface area contributed by atoms with Crippen LogP contribution >= 0.6 is 12.4 Å². The van der Waals surface area contributed by atoms with Gasteiger partial charge in [0.05, 0.1) is 7.11 Å². The van der Waals surface area contributed by atoms with E-state index in [9.17, 15) is 9.59 Å². The Bertz CT molecular complexity index is 281. The monoisotopic (exact) mass is 248 g/mol. The number of methoxy groups -OCH3 is 1. The van der Waals surface area contributed by atoms with Crippen LogP contribution in [0.1, 0.15) is 12.8 Å². The maximum absolute atomic E-state index is 11.6. The average molecular weight is 249 g/mol. The van der Waals surface area contributed by atoms with E-state index < -0.39 is 0 Å². The van der Waals surface area contributed by atoms with Crippen molar-refractivity contribution in [2.75, 3.05) is 26.7 Å². The number of hydrogen-bond acceptors (Lipinski definition) is 4. The maximum Gasteiger partial charge on any atom is 0.328 e. The lowest BCUT2D eigenvalue weighted by molar-refractivity contribution is -0.149. The third-order valence-electron chi connectivity index (χ3n) is 3.12. The number of esters is 1. The zero-order chi connectivity index (χ0) is 10.8. The quantitative estimate of drug-likeness (QED) is 0.703. The van der Waals surface area contributed by atoms with Gasteiger partial charge in [0, 0.05) is 32.0 Å². The first-order valence-electron chi connectivity index (χ1n) is 5.30. The van der Waals surface area contributed by atoms with Crippen LogP contribution in [0.3, 0.4) is 0 Å². The first kappa shape index (κ1) is 13.3. The molecule has 0 saturated carbocycles. The molecule has 1 amide bonds. The number of ether oxygens (including phenoxy) is 1. The van der Waals surface area contributed by atoms with Crippen molar-refractivity contribution in [3.63, 3.8) is 0 Å². The predicted molar refractivity (Wildman–Crippen MR) is 60.4 cm³/mol. The average Bonchev–Trinajstić information content (AvgIpc) is 2.52. The molecule has 0 aromatic rings. The zero-order valence-electron chi connectivity index (χ0n) is 9.27. The lowest BCUT2D eigenvalue weighted by Gasteiger charge is -2.33. The minimum atomic E-state index is -0.344. The second kappa shape index (κ2) is 5.50. The Morgan fingerprint density at radius 2 is 2.25 bits per heavy atom. The summed E-state index contributed by atoms with van der Waals surface area (Å²) in [5.74, 6) is 0.296. The Morgan fingerprint density at radius 1 is 1.56 bits per heavy atom. The molecule has 2 fully saturated rings. The van der Waals surface area contributed by atoms with Gasteiger partial charge < -0.3 is 15.0 Å². The van der Waals surface area contributed by atoms with E-state index in [1.54, 1.807) is 4.90 Å². The first-order chi connectivity index (χ1) is 7.22. The van der Waals surface area contributed by atoms with E-state index in [1.807, 2.05) is 0 Å². The molecule has 1 unspecified atom stereocenters. The highest BCUT2D eigenvalue weighted by Crippen LogP contribution is 2.22. The molecule has 0 bridgehead atoms. The highest BCUT2D eigenvalue weighted by Gasteiger charge is 2.38. The molecular formula is C10H17ClN2O3. The van der Waals surface area contributed by atoms with Gasteiger partial charge in [-0.05, 0) is 6.42 Å². The minimum absolute atomic E-state index is 0. The smallest absolute Gasteiger partial charge is 0.328 e. The van der Waals surface area contributed by atoms with Gasteiger partial charge in [-0.1, -0.05) is 0 Å². The summed E-state index contributed by atoms with van der Waals surface area (Å²) in [6, 6.07) is -0.344. The summed E-state index contributed by atoms with van der Waals surface area (Å²) < 4.78 is 4.70. The third kappa shape index (κ3) is 2.47. The number of carbonyl (C=O) groups is 2. The van der Waals surface area contributed by atoms with Crippen LogP contribution in [-0.4, -0.2) is 49.6 Å². The topological polar surface area (TPSA) is 58.6 Å². The molecule has 2 rings (SSSR count). The van der Waals surface area contributed by atoms with Crippen LogP contribution in [0.15, 0.2) is 0 Å². The van der Waals surface area contributed by atoms with Crippen LogP contribution in [0.5, 0.6) is 0 Å². The molecule has 0 aromatic carbocycles. The SMILES string of the molecule is COC(=O)C1CCC(=O)N1CC1CNC1.Cl. The second-order valence-corrected chi connectivity index (χ2v) is 4.15. The molecule has 92 valence electrons. The largest absolute Gasteiger partial charge is 0.467 e. The van der Waals surface area contributed by atoms with Gasteiger partial charge in [0.25, 0.3) is 0 Å². The predicted octanol–water partition coefficient (Wildman–Crippen LogP) is -0.208. The minimum Gasteiger partial charge on any atom is -0.467 e. The van der Waals surface area contributed by atoms with Crippen LogP contribution in [-0.2, 0) is 14.3 Å². The molecular weight excluding hydrogens is 232 g/mol. The van der Waals surface area contributed by atoms with Gasteiger partial charge in [-0.15, -0.1) is 12.4 Å². The first-order valence-corrected chi connectivity index (χ1v) is 5.30. The molecule has 1 atom stereocenters. The second-order valence-electron chi connectivity index (χ2n) is 4.15. The van der Waals surface area contributed by atoms with E-state index in [0.717, 1.165) is 13.1 Å². The van der Waals surface area contributed by atoms with E-state index in [0.29, 0.717) is 25.3 Å². The highest BCUT2D eigenvalue weighted by atomic mass is 35.5. The van der Waals surface area contributed by atoms with Crippen LogP contribution in [0.4, 0.5) is 0 Å². The summed E-state index contributed by atoms with van der Waals surface area (Å²) in [7, 11) is 1.37. The number of rotatable bonds is 3. The molecule has 5 nitrogen and oxygen atoms in total. The summed E-state index contributed by atoms with van der Waals surface area (Å²) in [4.78, 5) is 24.7. The molecule has 2 aliphatic heterocycles. The summed E-state index contributed by atoms with van der Waals surface area (Å²) in [5, 5.41) is 3.15. The Kier molecular flexibility index (Phi) is 4.56. The molecule has 2 aliphatic rings. The fraction of sp³-hybridized carbons (Fsp3) is 0.800. The van der Waals surface area contributed by atoms with E-state index >= 15 is 0 Å². The number of hydrogen-bond donors (Lipinski definition) is 1. The number of nitrogens with one attached hydrogen (secondary N) is 1. The molecule has 0 radical (unpaired) electrons.